The molecule has 1 amide bonds. The molecule has 0 spiro atoms. The Kier molecular flexibility index (Phi) is 10.6. The van der Waals surface area contributed by atoms with Gasteiger partial charge in [-0.1, -0.05) is 23.2 Å². The van der Waals surface area contributed by atoms with Crippen LogP contribution in [0.25, 0.3) is 16.7 Å². The fourth-order valence-electron chi connectivity index (χ4n) is 5.50. The first kappa shape index (κ1) is 36.8. The molecule has 2 aliphatic heterocycles. The highest BCUT2D eigenvalue weighted by Crippen LogP contribution is 2.36. The summed E-state index contributed by atoms with van der Waals surface area (Å²) < 4.78 is 42.0. The Balaban J connectivity index is 1.40. The van der Waals surface area contributed by atoms with Crippen LogP contribution in [-0.4, -0.2) is 78.8 Å². The van der Waals surface area contributed by atoms with Crippen molar-refractivity contribution in [2.24, 2.45) is 0 Å². The van der Waals surface area contributed by atoms with Crippen LogP contribution in [0.2, 0.25) is 10.0 Å². The fraction of sp³-hybridized carbons (Fsp3) is 0.412. The molecule has 5 rings (SSSR count). The third-order valence-corrected chi connectivity index (χ3v) is 10.9. The molecule has 11 nitrogen and oxygen atoms in total. The third kappa shape index (κ3) is 8.84. The van der Waals surface area contributed by atoms with Crippen molar-refractivity contribution < 1.29 is 27.5 Å². The van der Waals surface area contributed by atoms with E-state index in [4.69, 9.17) is 32.7 Å². The van der Waals surface area contributed by atoms with Crippen molar-refractivity contribution in [1.82, 2.24) is 19.5 Å². The largest absolute Gasteiger partial charge is 0.459 e. The van der Waals surface area contributed by atoms with Gasteiger partial charge < -0.3 is 28.9 Å². The Labute approximate surface area is 299 Å². The molecule has 3 aromatic rings. The summed E-state index contributed by atoms with van der Waals surface area (Å²) in [7, 11) is -3.98. The minimum Gasteiger partial charge on any atom is -0.459 e. The lowest BCUT2D eigenvalue weighted by Gasteiger charge is -2.38. The lowest BCUT2D eigenvalue weighted by molar-refractivity contribution is -0.152. The van der Waals surface area contributed by atoms with Gasteiger partial charge in [-0.3, -0.25) is 9.10 Å². The Morgan fingerprint density at radius 2 is 1.55 bits per heavy atom. The van der Waals surface area contributed by atoms with Crippen LogP contribution >= 0.6 is 31.9 Å². The maximum Gasteiger partial charge on any atom is 0.410 e. The van der Waals surface area contributed by atoms with Gasteiger partial charge in [0.25, 0.3) is 10.0 Å². The Morgan fingerprint density at radius 1 is 0.918 bits per heavy atom. The molecule has 1 atom stereocenters. The molecular weight excluding hydrogens is 708 g/mol. The Bertz CT molecular complexity index is 1920. The van der Waals surface area contributed by atoms with E-state index in [0.29, 0.717) is 34.9 Å². The number of sulfonamides is 1. The molecule has 1 N–H and O–H groups in total. The van der Waals surface area contributed by atoms with Gasteiger partial charge in [-0.2, -0.15) is 0 Å². The molecule has 2 aromatic carbocycles. The van der Waals surface area contributed by atoms with Crippen LogP contribution in [0.15, 0.2) is 70.6 Å². The molecule has 0 saturated carbocycles. The number of nitrogens with zero attached hydrogens (tertiary/aromatic N) is 4. The number of piperazine rings is 1. The van der Waals surface area contributed by atoms with Crippen molar-refractivity contribution in [3.63, 3.8) is 0 Å². The van der Waals surface area contributed by atoms with E-state index in [1.165, 1.54) is 18.2 Å². The monoisotopic (exact) mass is 749 g/mol. The highest BCUT2D eigenvalue weighted by atomic mass is 35.5. The van der Waals surface area contributed by atoms with Crippen molar-refractivity contribution in [2.75, 3.05) is 37.0 Å². The molecule has 1 saturated heterocycles. The molecule has 2 aliphatic rings. The SMILES string of the molecule is CC1=C(n2ccc3cc(N(CC(=O)OC(C)(C)C)S(=O)(=O)c4cc(Cl)cc(Cl)c4)ccc32)NPC(N2CCN(C(=O)OC(C)(C)C)CC2)=C1. The van der Waals surface area contributed by atoms with Crippen LogP contribution in [0.4, 0.5) is 10.5 Å². The first-order valence-electron chi connectivity index (χ1n) is 15.8. The van der Waals surface area contributed by atoms with Crippen LogP contribution in [0.3, 0.4) is 0 Å². The maximum atomic E-state index is 14.0. The zero-order valence-electron chi connectivity index (χ0n) is 28.6. The van der Waals surface area contributed by atoms with E-state index >= 15 is 0 Å². The molecular formula is C34H42Cl2N5O6PS. The van der Waals surface area contributed by atoms with E-state index in [-0.39, 0.29) is 26.7 Å². The second-order valence-corrected chi connectivity index (χ2v) is 17.6. The topological polar surface area (TPSA) is 113 Å². The summed E-state index contributed by atoms with van der Waals surface area (Å²) >= 11 is 12.3. The molecule has 49 heavy (non-hydrogen) atoms. The van der Waals surface area contributed by atoms with Crippen LogP contribution in [0.5, 0.6) is 0 Å². The van der Waals surface area contributed by atoms with Gasteiger partial charge in [0.15, 0.2) is 0 Å². The number of anilines is 1. The van der Waals surface area contributed by atoms with Gasteiger partial charge in [-0.15, -0.1) is 0 Å². The molecule has 1 fully saturated rings. The van der Waals surface area contributed by atoms with E-state index in [1.54, 1.807) is 37.8 Å². The van der Waals surface area contributed by atoms with Crippen molar-refractivity contribution in [1.29, 1.82) is 0 Å². The van der Waals surface area contributed by atoms with E-state index < -0.39 is 33.7 Å². The number of carbonyl (C=O) groups excluding carboxylic acids is 2. The van der Waals surface area contributed by atoms with Crippen LogP contribution in [0.1, 0.15) is 48.5 Å². The zero-order chi connectivity index (χ0) is 35.9. The maximum absolute atomic E-state index is 14.0. The highest BCUT2D eigenvalue weighted by molar-refractivity contribution is 7.92. The second kappa shape index (κ2) is 14.1. The molecule has 0 radical (unpaired) electrons. The Hall–Kier alpha value is -3.44. The molecule has 0 aliphatic carbocycles. The number of fused-ring (bicyclic) bond motifs is 1. The molecule has 15 heteroatoms. The fourth-order valence-corrected chi connectivity index (χ4v) is 8.86. The molecule has 1 aromatic heterocycles. The number of carbonyl (C=O) groups is 2. The Morgan fingerprint density at radius 3 is 2.14 bits per heavy atom. The van der Waals surface area contributed by atoms with E-state index in [0.717, 1.165) is 32.0 Å². The number of esters is 1. The van der Waals surface area contributed by atoms with Gasteiger partial charge in [0.1, 0.15) is 23.6 Å². The van der Waals surface area contributed by atoms with Crippen LogP contribution in [-0.2, 0) is 24.3 Å². The minimum atomic E-state index is -4.28. The van der Waals surface area contributed by atoms with Gasteiger partial charge in [-0.05, 0) is 103 Å². The summed E-state index contributed by atoms with van der Waals surface area (Å²) in [5.74, 6) is 0.202. The van der Waals surface area contributed by atoms with Gasteiger partial charge in [0.05, 0.1) is 21.5 Å². The normalized spacial score (nSPS) is 16.5. The summed E-state index contributed by atoms with van der Waals surface area (Å²) in [4.78, 5) is 29.4. The second-order valence-electron chi connectivity index (χ2n) is 13.9. The predicted molar refractivity (Wildman–Crippen MR) is 197 cm³/mol. The number of benzene rings is 2. The predicted octanol–water partition coefficient (Wildman–Crippen LogP) is 7.26. The molecule has 264 valence electrons. The number of rotatable bonds is 7. The van der Waals surface area contributed by atoms with Crippen LogP contribution in [0, 0.1) is 0 Å². The van der Waals surface area contributed by atoms with Crippen molar-refractivity contribution >= 4 is 76.4 Å². The van der Waals surface area contributed by atoms with Gasteiger partial charge in [-0.25, -0.2) is 13.2 Å². The zero-order valence-corrected chi connectivity index (χ0v) is 32.0. The van der Waals surface area contributed by atoms with Gasteiger partial charge in [0, 0.05) is 56.5 Å². The summed E-state index contributed by atoms with van der Waals surface area (Å²) in [6.45, 7) is 14.8. The number of halogens is 2. The lowest BCUT2D eigenvalue weighted by atomic mass is 10.2. The minimum absolute atomic E-state index is 0.145. The number of hydrogen-bond donors (Lipinski definition) is 1. The van der Waals surface area contributed by atoms with Crippen molar-refractivity contribution in [3.8, 4) is 0 Å². The summed E-state index contributed by atoms with van der Waals surface area (Å²) in [6, 6.07) is 11.2. The smallest absolute Gasteiger partial charge is 0.410 e. The first-order valence-corrected chi connectivity index (χ1v) is 19.0. The molecule has 0 bridgehead atoms. The number of amides is 1. The van der Waals surface area contributed by atoms with Gasteiger partial charge >= 0.3 is 12.1 Å². The third-order valence-electron chi connectivity index (χ3n) is 7.63. The summed E-state index contributed by atoms with van der Waals surface area (Å²) in [6.07, 6.45) is 3.80. The standard InChI is InChI=1S/C34H42Cl2N5O6PS/c1-22-16-29(38-12-14-39(15-13-38)32(43)47-34(5,6)7)48-37-31(22)40-11-10-23-17-26(8-9-28(23)40)41(21-30(42)46-33(2,3)4)49(44,45)27-19-24(35)18-25(36)20-27/h8-11,16-20,37,48H,12-15,21H2,1-7H3. The number of nitrogens with one attached hydrogen (secondary N) is 1. The van der Waals surface area contributed by atoms with Gasteiger partial charge in [0.2, 0.25) is 0 Å². The molecule has 3 heterocycles. The first-order chi connectivity index (χ1) is 22.8. The van der Waals surface area contributed by atoms with E-state index in [9.17, 15) is 18.0 Å². The quantitative estimate of drug-likeness (QED) is 0.198. The summed E-state index contributed by atoms with van der Waals surface area (Å²) in [5, 5.41) is 4.65. The number of aromatic nitrogens is 1. The average Bonchev–Trinajstić information content (AvgIpc) is 3.40. The van der Waals surface area contributed by atoms with Crippen molar-refractivity contribution in [3.05, 3.63) is 75.8 Å². The van der Waals surface area contributed by atoms with E-state index in [1.807, 2.05) is 50.6 Å². The summed E-state index contributed by atoms with van der Waals surface area (Å²) in [5.41, 5.74) is 1.97. The number of allylic oxidation sites excluding steroid dienone is 2. The van der Waals surface area contributed by atoms with Crippen molar-refractivity contribution in [2.45, 2.75) is 64.6 Å². The molecule has 1 unspecified atom stereocenters. The highest BCUT2D eigenvalue weighted by Gasteiger charge is 2.31. The number of ether oxygens (including phenoxy) is 2. The average molecular weight is 751 g/mol. The lowest BCUT2D eigenvalue weighted by Crippen LogP contribution is -2.49. The van der Waals surface area contributed by atoms with Crippen LogP contribution < -0.4 is 9.39 Å². The van der Waals surface area contributed by atoms with E-state index in [2.05, 4.69) is 16.1 Å². The number of hydrogen-bond acceptors (Lipinski definition) is 8.